The molecule has 0 radical (unpaired) electrons. The van der Waals surface area contributed by atoms with Crippen molar-refractivity contribution in [1.82, 2.24) is 14.5 Å². The lowest BCUT2D eigenvalue weighted by atomic mass is 9.82. The number of carbonyl (C=O) groups excluding carboxylic acids is 1. The van der Waals surface area contributed by atoms with Crippen LogP contribution in [0.2, 0.25) is 0 Å². The summed E-state index contributed by atoms with van der Waals surface area (Å²) in [7, 11) is 0. The van der Waals surface area contributed by atoms with Gasteiger partial charge in [-0.05, 0) is 47.6 Å². The van der Waals surface area contributed by atoms with Crippen LogP contribution in [-0.2, 0) is 17.9 Å². The number of piperidine rings is 1. The predicted octanol–water partition coefficient (Wildman–Crippen LogP) is 4.39. The monoisotopic (exact) mass is 444 g/mol. The topological polar surface area (TPSA) is 67.2 Å². The number of nitrogens with zero attached hydrogens (tertiary/aromatic N) is 3. The first-order valence-corrected chi connectivity index (χ1v) is 11.9. The summed E-state index contributed by atoms with van der Waals surface area (Å²) in [5, 5.41) is 4.42. The van der Waals surface area contributed by atoms with E-state index in [0.717, 1.165) is 35.1 Å². The van der Waals surface area contributed by atoms with E-state index >= 15 is 0 Å². The molecule has 2 atom stereocenters. The lowest BCUT2D eigenvalue weighted by molar-refractivity contribution is -0.135. The number of amides is 1. The predicted molar refractivity (Wildman–Crippen MR) is 131 cm³/mol. The number of benzene rings is 1. The van der Waals surface area contributed by atoms with Gasteiger partial charge in [0.2, 0.25) is 5.91 Å². The zero-order chi connectivity index (χ0) is 23.2. The molecule has 2 aliphatic rings. The number of likely N-dealkylation sites (tertiary alicyclic amines) is 1. The number of pyridine rings is 2. The Kier molecular flexibility index (Phi) is 5.47. The molecular formula is C27H32N4O2. The largest absolute Gasteiger partial charge is 0.376 e. The van der Waals surface area contributed by atoms with E-state index in [2.05, 4.69) is 43.2 Å². The second kappa shape index (κ2) is 8.32. The van der Waals surface area contributed by atoms with Gasteiger partial charge in [0.05, 0.1) is 5.52 Å². The van der Waals surface area contributed by atoms with Crippen molar-refractivity contribution in [3.8, 4) is 0 Å². The maximum atomic E-state index is 13.3. The van der Waals surface area contributed by atoms with Gasteiger partial charge in [0.25, 0.3) is 5.56 Å². The molecule has 5 rings (SSSR count). The minimum atomic E-state index is -0.0143. The van der Waals surface area contributed by atoms with Gasteiger partial charge >= 0.3 is 0 Å². The highest BCUT2D eigenvalue weighted by Gasteiger charge is 2.37. The van der Waals surface area contributed by atoms with Crippen LogP contribution in [-0.4, -0.2) is 33.4 Å². The summed E-state index contributed by atoms with van der Waals surface area (Å²) in [5.41, 5.74) is 3.71. The van der Waals surface area contributed by atoms with E-state index in [-0.39, 0.29) is 22.8 Å². The minimum Gasteiger partial charge on any atom is -0.376 e. The highest BCUT2D eigenvalue weighted by molar-refractivity contribution is 5.79. The van der Waals surface area contributed by atoms with E-state index < -0.39 is 0 Å². The number of hydrogen-bond acceptors (Lipinski definition) is 4. The van der Waals surface area contributed by atoms with Gasteiger partial charge in [-0.1, -0.05) is 39.0 Å². The molecular weight excluding hydrogens is 412 g/mol. The first-order chi connectivity index (χ1) is 15.8. The van der Waals surface area contributed by atoms with E-state index in [9.17, 15) is 9.59 Å². The summed E-state index contributed by atoms with van der Waals surface area (Å²) in [6, 6.07) is 14.1. The molecule has 2 aliphatic heterocycles. The molecule has 1 amide bonds. The molecule has 6 nitrogen and oxygen atoms in total. The molecule has 1 N–H and O–H groups in total. The van der Waals surface area contributed by atoms with Gasteiger partial charge in [0, 0.05) is 55.8 Å². The maximum absolute atomic E-state index is 13.3. The van der Waals surface area contributed by atoms with E-state index in [1.807, 2.05) is 46.0 Å². The van der Waals surface area contributed by atoms with Crippen LogP contribution >= 0.6 is 0 Å². The average Bonchev–Trinajstić information content (AvgIpc) is 2.77. The summed E-state index contributed by atoms with van der Waals surface area (Å²) in [5.74, 6) is 0.793. The van der Waals surface area contributed by atoms with Gasteiger partial charge in [-0.2, -0.15) is 0 Å². The quantitative estimate of drug-likeness (QED) is 0.648. The Morgan fingerprint density at radius 2 is 1.94 bits per heavy atom. The third-order valence-electron chi connectivity index (χ3n) is 6.77. The Morgan fingerprint density at radius 1 is 1.12 bits per heavy atom. The molecule has 1 fully saturated rings. The highest BCUT2D eigenvalue weighted by atomic mass is 16.2. The molecule has 172 valence electrons. The molecule has 6 heteroatoms. The second-order valence-electron chi connectivity index (χ2n) is 10.8. The number of nitrogens with one attached hydrogen (secondary N) is 1. The maximum Gasteiger partial charge on any atom is 0.274 e. The summed E-state index contributed by atoms with van der Waals surface area (Å²) in [6.07, 6.45) is 3.47. The van der Waals surface area contributed by atoms with E-state index in [1.165, 1.54) is 0 Å². The lowest BCUT2D eigenvalue weighted by Crippen LogP contribution is -2.49. The van der Waals surface area contributed by atoms with Crippen molar-refractivity contribution in [2.45, 2.75) is 52.6 Å². The highest BCUT2D eigenvalue weighted by Crippen LogP contribution is 2.36. The van der Waals surface area contributed by atoms with Crippen molar-refractivity contribution in [2.75, 3.05) is 18.4 Å². The van der Waals surface area contributed by atoms with E-state index in [4.69, 9.17) is 0 Å². The summed E-state index contributed by atoms with van der Waals surface area (Å²) >= 11 is 0. The number of hydrogen-bond donors (Lipinski definition) is 1. The molecule has 2 aromatic heterocycles. The number of fused-ring (bicyclic) bond motifs is 5. The fourth-order valence-electron chi connectivity index (χ4n) is 5.26. The molecule has 33 heavy (non-hydrogen) atoms. The Bertz CT molecular complexity index is 1260. The Hall–Kier alpha value is -3.15. The van der Waals surface area contributed by atoms with Crippen LogP contribution in [0, 0.1) is 11.3 Å². The number of aromatic nitrogens is 2. The third kappa shape index (κ3) is 4.52. The Morgan fingerprint density at radius 3 is 2.76 bits per heavy atom. The SMILES string of the molecule is CC(C)(C)CC(=O)N1C[C@@H]2C[C@H](C1)c1ccc(NCc3cnc4ccccc4c3)c(=O)n1C2. The summed E-state index contributed by atoms with van der Waals surface area (Å²) in [4.78, 5) is 32.6. The minimum absolute atomic E-state index is 0.0143. The third-order valence-corrected chi connectivity index (χ3v) is 6.77. The smallest absolute Gasteiger partial charge is 0.274 e. The normalized spacial score (nSPS) is 19.9. The Balaban J connectivity index is 1.32. The fraction of sp³-hybridized carbons (Fsp3) is 0.444. The van der Waals surface area contributed by atoms with Crippen LogP contribution in [0.5, 0.6) is 0 Å². The zero-order valence-corrected chi connectivity index (χ0v) is 19.7. The summed E-state index contributed by atoms with van der Waals surface area (Å²) in [6.45, 7) is 9.00. The number of rotatable bonds is 4. The molecule has 2 bridgehead atoms. The van der Waals surface area contributed by atoms with Crippen LogP contribution in [0.1, 0.15) is 50.8 Å². The lowest BCUT2D eigenvalue weighted by Gasteiger charge is -2.43. The summed E-state index contributed by atoms with van der Waals surface area (Å²) < 4.78 is 1.94. The molecule has 1 saturated heterocycles. The first-order valence-electron chi connectivity index (χ1n) is 11.9. The van der Waals surface area contributed by atoms with Crippen LogP contribution in [0.25, 0.3) is 10.9 Å². The van der Waals surface area contributed by atoms with Crippen LogP contribution in [0.4, 0.5) is 5.69 Å². The van der Waals surface area contributed by atoms with Gasteiger partial charge in [-0.25, -0.2) is 0 Å². The standard InChI is InChI=1S/C27H32N4O2/c1-27(2,3)12-25(32)30-15-19-11-21(17-30)24-9-8-23(26(33)31(24)16-19)29-14-18-10-20-6-4-5-7-22(20)28-13-18/h4-10,13,19,21,29H,11-12,14-17H2,1-3H3/t19-,21+/m0/s1. The molecule has 1 aromatic carbocycles. The van der Waals surface area contributed by atoms with Gasteiger partial charge < -0.3 is 14.8 Å². The van der Waals surface area contributed by atoms with Gasteiger partial charge in [-0.15, -0.1) is 0 Å². The molecule has 0 spiro atoms. The second-order valence-corrected chi connectivity index (χ2v) is 10.8. The van der Waals surface area contributed by atoms with Gasteiger partial charge in [-0.3, -0.25) is 14.6 Å². The van der Waals surface area contributed by atoms with E-state index in [1.54, 1.807) is 0 Å². The molecule has 0 saturated carbocycles. The van der Waals surface area contributed by atoms with Crippen molar-refractivity contribution >= 4 is 22.5 Å². The first kappa shape index (κ1) is 21.7. The molecule has 4 heterocycles. The molecule has 0 aliphatic carbocycles. The van der Waals surface area contributed by atoms with Crippen LogP contribution < -0.4 is 10.9 Å². The van der Waals surface area contributed by atoms with E-state index in [0.29, 0.717) is 37.7 Å². The van der Waals surface area contributed by atoms with Crippen molar-refractivity contribution in [3.63, 3.8) is 0 Å². The Labute approximate surface area is 194 Å². The number of carbonyl (C=O) groups is 1. The average molecular weight is 445 g/mol. The van der Waals surface area contributed by atoms with Gasteiger partial charge in [0.1, 0.15) is 5.69 Å². The van der Waals surface area contributed by atoms with Crippen LogP contribution in [0.3, 0.4) is 0 Å². The number of anilines is 1. The van der Waals surface area contributed by atoms with Crippen molar-refractivity contribution in [3.05, 3.63) is 70.3 Å². The van der Waals surface area contributed by atoms with Crippen LogP contribution in [0.15, 0.2) is 53.5 Å². The van der Waals surface area contributed by atoms with Crippen molar-refractivity contribution in [2.24, 2.45) is 11.3 Å². The number of para-hydroxylation sites is 1. The van der Waals surface area contributed by atoms with Gasteiger partial charge in [0.15, 0.2) is 0 Å². The fourth-order valence-corrected chi connectivity index (χ4v) is 5.26. The van der Waals surface area contributed by atoms with Crippen molar-refractivity contribution < 1.29 is 4.79 Å². The zero-order valence-electron chi connectivity index (χ0n) is 19.7. The molecule has 3 aromatic rings. The van der Waals surface area contributed by atoms with Crippen molar-refractivity contribution in [1.29, 1.82) is 0 Å². The molecule has 0 unspecified atom stereocenters.